The lowest BCUT2D eigenvalue weighted by molar-refractivity contribution is 0.0940. The van der Waals surface area contributed by atoms with Gasteiger partial charge in [0.05, 0.1) is 6.04 Å². The molecule has 4 nitrogen and oxygen atoms in total. The molecule has 1 amide bonds. The van der Waals surface area contributed by atoms with E-state index < -0.39 is 0 Å². The molecule has 1 aromatic heterocycles. The van der Waals surface area contributed by atoms with Gasteiger partial charge < -0.3 is 11.1 Å². The number of carbonyl (C=O) groups is 1. The third-order valence-electron chi connectivity index (χ3n) is 3.01. The number of nitrogens with two attached hydrogens (primary N) is 1. The van der Waals surface area contributed by atoms with Crippen LogP contribution in [0, 0.1) is 0 Å². The third-order valence-corrected chi connectivity index (χ3v) is 3.01. The Morgan fingerprint density at radius 1 is 1.21 bits per heavy atom. The molecule has 2 rings (SSSR count). The van der Waals surface area contributed by atoms with E-state index in [9.17, 15) is 4.79 Å². The number of nitrogens with one attached hydrogen (secondary N) is 1. The Morgan fingerprint density at radius 2 is 1.84 bits per heavy atom. The predicted molar refractivity (Wildman–Crippen MR) is 74.5 cm³/mol. The van der Waals surface area contributed by atoms with Crippen LogP contribution in [0.2, 0.25) is 0 Å². The van der Waals surface area contributed by atoms with Gasteiger partial charge in [-0.25, -0.2) is 0 Å². The molecule has 0 saturated carbocycles. The van der Waals surface area contributed by atoms with Gasteiger partial charge in [-0.05, 0) is 30.2 Å². The first kappa shape index (κ1) is 13.2. The zero-order valence-electron chi connectivity index (χ0n) is 10.8. The van der Waals surface area contributed by atoms with Crippen molar-refractivity contribution in [3.05, 3.63) is 65.5 Å². The SMILES string of the molecule is CC(NC(=O)c1ccncc1)c1ccc(CN)cc1. The molecule has 19 heavy (non-hydrogen) atoms. The highest BCUT2D eigenvalue weighted by molar-refractivity contribution is 5.94. The lowest BCUT2D eigenvalue weighted by Gasteiger charge is -2.14. The first-order valence-corrected chi connectivity index (χ1v) is 6.20. The van der Waals surface area contributed by atoms with Crippen molar-refractivity contribution < 1.29 is 4.79 Å². The van der Waals surface area contributed by atoms with E-state index in [0.29, 0.717) is 12.1 Å². The fraction of sp³-hybridized carbons (Fsp3) is 0.200. The van der Waals surface area contributed by atoms with Gasteiger partial charge in [0, 0.05) is 24.5 Å². The Bertz CT molecular complexity index is 537. The van der Waals surface area contributed by atoms with Gasteiger partial charge in [0.2, 0.25) is 0 Å². The Labute approximate surface area is 112 Å². The number of hydrogen-bond donors (Lipinski definition) is 2. The summed E-state index contributed by atoms with van der Waals surface area (Å²) in [6.45, 7) is 2.48. The summed E-state index contributed by atoms with van der Waals surface area (Å²) >= 11 is 0. The van der Waals surface area contributed by atoms with Crippen LogP contribution in [0.4, 0.5) is 0 Å². The van der Waals surface area contributed by atoms with E-state index >= 15 is 0 Å². The van der Waals surface area contributed by atoms with Gasteiger partial charge in [-0.3, -0.25) is 9.78 Å². The van der Waals surface area contributed by atoms with Gasteiger partial charge in [-0.1, -0.05) is 24.3 Å². The molecular formula is C15H17N3O. The summed E-state index contributed by atoms with van der Waals surface area (Å²) in [6, 6.07) is 11.3. The van der Waals surface area contributed by atoms with E-state index in [-0.39, 0.29) is 11.9 Å². The van der Waals surface area contributed by atoms with Crippen molar-refractivity contribution in [2.45, 2.75) is 19.5 Å². The topological polar surface area (TPSA) is 68.0 Å². The molecule has 4 heteroatoms. The maximum atomic E-state index is 12.0. The zero-order valence-corrected chi connectivity index (χ0v) is 10.8. The molecule has 0 aliphatic heterocycles. The highest BCUT2D eigenvalue weighted by Crippen LogP contribution is 2.14. The number of amides is 1. The van der Waals surface area contributed by atoms with Crippen LogP contribution in [-0.2, 0) is 6.54 Å². The standard InChI is InChI=1S/C15H17N3O/c1-11(13-4-2-12(10-16)3-5-13)18-15(19)14-6-8-17-9-7-14/h2-9,11H,10,16H2,1H3,(H,18,19). The second kappa shape index (κ2) is 6.11. The van der Waals surface area contributed by atoms with E-state index in [1.54, 1.807) is 24.5 Å². The Hall–Kier alpha value is -2.20. The van der Waals surface area contributed by atoms with Crippen molar-refractivity contribution in [3.63, 3.8) is 0 Å². The summed E-state index contributed by atoms with van der Waals surface area (Å²) in [5.74, 6) is -0.0993. The molecule has 0 bridgehead atoms. The molecule has 1 unspecified atom stereocenters. The molecule has 0 aliphatic carbocycles. The molecule has 1 heterocycles. The quantitative estimate of drug-likeness (QED) is 0.878. The number of aromatic nitrogens is 1. The van der Waals surface area contributed by atoms with Gasteiger partial charge in [-0.15, -0.1) is 0 Å². The maximum absolute atomic E-state index is 12.0. The molecule has 1 aromatic carbocycles. The monoisotopic (exact) mass is 255 g/mol. The molecular weight excluding hydrogens is 238 g/mol. The van der Waals surface area contributed by atoms with E-state index in [1.165, 1.54) is 0 Å². The third kappa shape index (κ3) is 3.39. The largest absolute Gasteiger partial charge is 0.346 e. The van der Waals surface area contributed by atoms with Crippen LogP contribution in [0.15, 0.2) is 48.8 Å². The summed E-state index contributed by atoms with van der Waals surface area (Å²) in [5, 5.41) is 2.95. The normalized spacial score (nSPS) is 11.9. The van der Waals surface area contributed by atoms with Crippen LogP contribution >= 0.6 is 0 Å². The molecule has 0 aliphatic rings. The van der Waals surface area contributed by atoms with Gasteiger partial charge in [0.1, 0.15) is 0 Å². The lowest BCUT2D eigenvalue weighted by atomic mass is 10.1. The molecule has 0 saturated heterocycles. The van der Waals surface area contributed by atoms with Gasteiger partial charge in [0.15, 0.2) is 0 Å². The molecule has 0 spiro atoms. The van der Waals surface area contributed by atoms with Crippen molar-refractivity contribution in [3.8, 4) is 0 Å². The summed E-state index contributed by atoms with van der Waals surface area (Å²) in [5.41, 5.74) is 8.30. The predicted octanol–water partition coefficient (Wildman–Crippen LogP) is 2.03. The van der Waals surface area contributed by atoms with Crippen LogP contribution in [0.25, 0.3) is 0 Å². The zero-order chi connectivity index (χ0) is 13.7. The van der Waals surface area contributed by atoms with Gasteiger partial charge in [0.25, 0.3) is 5.91 Å². The smallest absolute Gasteiger partial charge is 0.251 e. The number of carbonyl (C=O) groups excluding carboxylic acids is 1. The Kier molecular flexibility index (Phi) is 4.26. The van der Waals surface area contributed by atoms with Gasteiger partial charge in [-0.2, -0.15) is 0 Å². The highest BCUT2D eigenvalue weighted by Gasteiger charge is 2.10. The maximum Gasteiger partial charge on any atom is 0.251 e. The minimum Gasteiger partial charge on any atom is -0.346 e. The second-order valence-corrected chi connectivity index (χ2v) is 4.38. The summed E-state index contributed by atoms with van der Waals surface area (Å²) in [6.07, 6.45) is 3.21. The summed E-state index contributed by atoms with van der Waals surface area (Å²) in [4.78, 5) is 15.9. The molecule has 1 atom stereocenters. The molecule has 2 aromatic rings. The Morgan fingerprint density at radius 3 is 2.42 bits per heavy atom. The van der Waals surface area contributed by atoms with E-state index in [4.69, 9.17) is 5.73 Å². The lowest BCUT2D eigenvalue weighted by Crippen LogP contribution is -2.26. The molecule has 0 radical (unpaired) electrons. The molecule has 0 fully saturated rings. The van der Waals surface area contributed by atoms with Crippen molar-refractivity contribution >= 4 is 5.91 Å². The highest BCUT2D eigenvalue weighted by atomic mass is 16.1. The second-order valence-electron chi connectivity index (χ2n) is 4.38. The van der Waals surface area contributed by atoms with Crippen LogP contribution in [0.3, 0.4) is 0 Å². The van der Waals surface area contributed by atoms with Crippen LogP contribution < -0.4 is 11.1 Å². The minimum absolute atomic E-state index is 0.0486. The van der Waals surface area contributed by atoms with Crippen LogP contribution in [0.1, 0.15) is 34.5 Å². The van der Waals surface area contributed by atoms with E-state index in [0.717, 1.165) is 11.1 Å². The van der Waals surface area contributed by atoms with Crippen molar-refractivity contribution in [1.29, 1.82) is 0 Å². The minimum atomic E-state index is -0.0993. The number of rotatable bonds is 4. The number of nitrogens with zero attached hydrogens (tertiary/aromatic N) is 1. The fourth-order valence-electron chi connectivity index (χ4n) is 1.81. The van der Waals surface area contributed by atoms with Crippen molar-refractivity contribution in [2.75, 3.05) is 0 Å². The Balaban J connectivity index is 2.04. The van der Waals surface area contributed by atoms with Gasteiger partial charge >= 0.3 is 0 Å². The number of benzene rings is 1. The number of hydrogen-bond acceptors (Lipinski definition) is 3. The number of pyridine rings is 1. The van der Waals surface area contributed by atoms with Crippen molar-refractivity contribution in [2.24, 2.45) is 5.73 Å². The average molecular weight is 255 g/mol. The van der Waals surface area contributed by atoms with Crippen LogP contribution in [-0.4, -0.2) is 10.9 Å². The molecule has 3 N–H and O–H groups in total. The van der Waals surface area contributed by atoms with Crippen LogP contribution in [0.5, 0.6) is 0 Å². The average Bonchev–Trinajstić information content (AvgIpc) is 2.48. The summed E-state index contributed by atoms with van der Waals surface area (Å²) < 4.78 is 0. The summed E-state index contributed by atoms with van der Waals surface area (Å²) in [7, 11) is 0. The van der Waals surface area contributed by atoms with Crippen molar-refractivity contribution in [1.82, 2.24) is 10.3 Å². The van der Waals surface area contributed by atoms with E-state index in [2.05, 4.69) is 10.3 Å². The molecule has 98 valence electrons. The first-order chi connectivity index (χ1) is 9.20. The first-order valence-electron chi connectivity index (χ1n) is 6.20. The van der Waals surface area contributed by atoms with E-state index in [1.807, 2.05) is 31.2 Å². The fourth-order valence-corrected chi connectivity index (χ4v) is 1.81.